The van der Waals surface area contributed by atoms with Crippen LogP contribution in [0.25, 0.3) is 0 Å². The Balaban J connectivity index is 1.59. The molecule has 29 heavy (non-hydrogen) atoms. The molecule has 0 spiro atoms. The van der Waals surface area contributed by atoms with E-state index in [1.54, 1.807) is 0 Å². The van der Waals surface area contributed by atoms with Crippen LogP contribution in [0.1, 0.15) is 62.1 Å². The van der Waals surface area contributed by atoms with Crippen LogP contribution in [0, 0.1) is 0 Å². The minimum Gasteiger partial charge on any atom is -0.374 e. The number of rotatable bonds is 5. The van der Waals surface area contributed by atoms with E-state index in [2.05, 4.69) is 45.7 Å². The summed E-state index contributed by atoms with van der Waals surface area (Å²) in [7, 11) is 6.15. The number of hydrogen-bond acceptors (Lipinski definition) is 4. The van der Waals surface area contributed by atoms with Crippen molar-refractivity contribution in [1.82, 2.24) is 15.5 Å². The van der Waals surface area contributed by atoms with Gasteiger partial charge in [0.05, 0.1) is 6.04 Å². The maximum absolute atomic E-state index is 12.4. The second kappa shape index (κ2) is 10.1. The second-order valence-electron chi connectivity index (χ2n) is 8.76. The molecular formula is C23H36N4O2. The van der Waals surface area contributed by atoms with Gasteiger partial charge in [-0.25, -0.2) is 0 Å². The van der Waals surface area contributed by atoms with Crippen LogP contribution >= 0.6 is 0 Å². The molecule has 6 nitrogen and oxygen atoms in total. The van der Waals surface area contributed by atoms with E-state index in [9.17, 15) is 9.59 Å². The summed E-state index contributed by atoms with van der Waals surface area (Å²) in [4.78, 5) is 29.1. The molecule has 3 rings (SSSR count). The summed E-state index contributed by atoms with van der Waals surface area (Å²) >= 11 is 0. The second-order valence-corrected chi connectivity index (χ2v) is 8.76. The van der Waals surface area contributed by atoms with E-state index >= 15 is 0 Å². The molecule has 0 radical (unpaired) electrons. The normalized spacial score (nSPS) is 18.7. The molecule has 1 aromatic carbocycles. The minimum absolute atomic E-state index is 0.0298. The van der Waals surface area contributed by atoms with Gasteiger partial charge in [0.15, 0.2) is 0 Å². The van der Waals surface area contributed by atoms with Crippen LogP contribution in [-0.2, 0) is 16.0 Å². The molecule has 1 aliphatic heterocycles. The number of likely N-dealkylation sites (N-methyl/N-ethyl adjacent to an activating group) is 1. The number of carbonyl (C=O) groups is 2. The first-order valence-corrected chi connectivity index (χ1v) is 11.0. The molecule has 2 amide bonds. The fourth-order valence-electron chi connectivity index (χ4n) is 4.56. The van der Waals surface area contributed by atoms with Crippen molar-refractivity contribution in [2.75, 3.05) is 39.1 Å². The standard InChI is InChI=1S/C23H36N4O2/c1-26(2)21(18-12-13-20-17(15-18)9-8-14-27(20)3)16-24-22(28)23(29)25-19-10-6-4-5-7-11-19/h12-13,15,19,21H,4-11,14,16H2,1-3H3,(H,24,28)(H,25,29)/t21-/m0/s1. The van der Waals surface area contributed by atoms with Gasteiger partial charge in [0.1, 0.15) is 0 Å². The van der Waals surface area contributed by atoms with Crippen molar-refractivity contribution in [3.8, 4) is 0 Å². The van der Waals surface area contributed by atoms with Gasteiger partial charge in [-0.1, -0.05) is 37.8 Å². The monoisotopic (exact) mass is 400 g/mol. The van der Waals surface area contributed by atoms with Gasteiger partial charge in [-0.05, 0) is 57.0 Å². The van der Waals surface area contributed by atoms with Crippen LogP contribution in [0.15, 0.2) is 18.2 Å². The summed E-state index contributed by atoms with van der Waals surface area (Å²) < 4.78 is 0. The van der Waals surface area contributed by atoms with Crippen molar-refractivity contribution < 1.29 is 9.59 Å². The molecule has 1 heterocycles. The number of aryl methyl sites for hydroxylation is 1. The smallest absolute Gasteiger partial charge is 0.309 e. The number of carbonyl (C=O) groups excluding carboxylic acids is 2. The molecule has 0 bridgehead atoms. The molecule has 0 unspecified atom stereocenters. The molecule has 0 aromatic heterocycles. The maximum atomic E-state index is 12.4. The molecule has 0 saturated heterocycles. The Morgan fingerprint density at radius 1 is 1.10 bits per heavy atom. The van der Waals surface area contributed by atoms with Gasteiger partial charge < -0.3 is 20.4 Å². The molecule has 1 aromatic rings. The van der Waals surface area contributed by atoms with Crippen molar-refractivity contribution in [3.63, 3.8) is 0 Å². The lowest BCUT2D eigenvalue weighted by atomic mass is 9.96. The number of nitrogens with one attached hydrogen (secondary N) is 2. The zero-order valence-electron chi connectivity index (χ0n) is 18.2. The van der Waals surface area contributed by atoms with Crippen LogP contribution in [0.3, 0.4) is 0 Å². The first-order chi connectivity index (χ1) is 14.0. The van der Waals surface area contributed by atoms with E-state index in [0.717, 1.165) is 45.1 Å². The van der Waals surface area contributed by atoms with Gasteiger partial charge in [0.2, 0.25) is 0 Å². The van der Waals surface area contributed by atoms with Gasteiger partial charge in [0.25, 0.3) is 0 Å². The van der Waals surface area contributed by atoms with Crippen LogP contribution in [-0.4, -0.2) is 57.0 Å². The first kappa shape index (κ1) is 21.6. The van der Waals surface area contributed by atoms with Crippen molar-refractivity contribution in [2.24, 2.45) is 0 Å². The number of amides is 2. The molecule has 1 fully saturated rings. The number of benzene rings is 1. The summed E-state index contributed by atoms with van der Waals surface area (Å²) in [6.07, 6.45) is 8.90. The van der Waals surface area contributed by atoms with Crippen LogP contribution < -0.4 is 15.5 Å². The summed E-state index contributed by atoms with van der Waals surface area (Å²) in [6.45, 7) is 1.51. The van der Waals surface area contributed by atoms with E-state index in [1.165, 1.54) is 29.7 Å². The molecule has 2 N–H and O–H groups in total. The number of hydrogen-bond donors (Lipinski definition) is 2. The third-order valence-electron chi connectivity index (χ3n) is 6.32. The van der Waals surface area contributed by atoms with Crippen LogP contribution in [0.4, 0.5) is 5.69 Å². The zero-order chi connectivity index (χ0) is 20.8. The van der Waals surface area contributed by atoms with E-state index in [4.69, 9.17) is 0 Å². The Labute approximate surface area is 175 Å². The summed E-state index contributed by atoms with van der Waals surface area (Å²) in [5.74, 6) is -1.03. The lowest BCUT2D eigenvalue weighted by Crippen LogP contribution is -2.46. The van der Waals surface area contributed by atoms with Gasteiger partial charge in [0, 0.05) is 31.9 Å². The van der Waals surface area contributed by atoms with Crippen molar-refractivity contribution in [2.45, 2.75) is 63.5 Å². The van der Waals surface area contributed by atoms with Crippen LogP contribution in [0.2, 0.25) is 0 Å². The Morgan fingerprint density at radius 3 is 2.52 bits per heavy atom. The highest BCUT2D eigenvalue weighted by atomic mass is 16.2. The third kappa shape index (κ3) is 5.72. The predicted octanol–water partition coefficient (Wildman–Crippen LogP) is 2.63. The van der Waals surface area contributed by atoms with Crippen molar-refractivity contribution in [3.05, 3.63) is 29.3 Å². The van der Waals surface area contributed by atoms with Gasteiger partial charge in [-0.15, -0.1) is 0 Å². The highest BCUT2D eigenvalue weighted by Crippen LogP contribution is 2.29. The average molecular weight is 401 g/mol. The lowest BCUT2D eigenvalue weighted by molar-refractivity contribution is -0.139. The predicted molar refractivity (Wildman–Crippen MR) is 117 cm³/mol. The summed E-state index contributed by atoms with van der Waals surface area (Å²) in [5.41, 5.74) is 3.83. The highest BCUT2D eigenvalue weighted by molar-refractivity contribution is 6.35. The lowest BCUT2D eigenvalue weighted by Gasteiger charge is -2.30. The first-order valence-electron chi connectivity index (χ1n) is 11.0. The fourth-order valence-corrected chi connectivity index (χ4v) is 4.56. The number of anilines is 1. The quantitative estimate of drug-likeness (QED) is 0.589. The van der Waals surface area contributed by atoms with Gasteiger partial charge in [-0.2, -0.15) is 0 Å². The van der Waals surface area contributed by atoms with Crippen molar-refractivity contribution in [1.29, 1.82) is 0 Å². The molecular weight excluding hydrogens is 364 g/mol. The minimum atomic E-state index is -0.529. The van der Waals surface area contributed by atoms with Gasteiger partial charge in [-0.3, -0.25) is 9.59 Å². The molecule has 1 aliphatic carbocycles. The highest BCUT2D eigenvalue weighted by Gasteiger charge is 2.23. The maximum Gasteiger partial charge on any atom is 0.309 e. The average Bonchev–Trinajstić information content (AvgIpc) is 2.96. The molecule has 1 saturated carbocycles. The van der Waals surface area contributed by atoms with E-state index in [1.807, 2.05) is 14.1 Å². The molecule has 2 aliphatic rings. The largest absolute Gasteiger partial charge is 0.374 e. The Kier molecular flexibility index (Phi) is 7.53. The number of fused-ring (bicyclic) bond motifs is 1. The molecule has 1 atom stereocenters. The Bertz CT molecular complexity index is 711. The van der Waals surface area contributed by atoms with Gasteiger partial charge >= 0.3 is 11.8 Å². The summed E-state index contributed by atoms with van der Waals surface area (Å²) in [5, 5.41) is 5.78. The number of nitrogens with zero attached hydrogens (tertiary/aromatic N) is 2. The zero-order valence-corrected chi connectivity index (χ0v) is 18.2. The van der Waals surface area contributed by atoms with E-state index in [0.29, 0.717) is 6.54 Å². The van der Waals surface area contributed by atoms with Crippen LogP contribution in [0.5, 0.6) is 0 Å². The van der Waals surface area contributed by atoms with Crippen molar-refractivity contribution >= 4 is 17.5 Å². The Morgan fingerprint density at radius 2 is 1.83 bits per heavy atom. The van der Waals surface area contributed by atoms with E-state index in [-0.39, 0.29) is 12.1 Å². The topological polar surface area (TPSA) is 64.7 Å². The molecule has 6 heteroatoms. The SMILES string of the molecule is CN1CCCc2cc([C@H](CNC(=O)C(=O)NC3CCCCCC3)N(C)C)ccc21. The Hall–Kier alpha value is -2.08. The molecule has 160 valence electrons. The summed E-state index contributed by atoms with van der Waals surface area (Å²) in [6, 6.07) is 6.75. The third-order valence-corrected chi connectivity index (χ3v) is 6.32. The fraction of sp³-hybridized carbons (Fsp3) is 0.652. The van der Waals surface area contributed by atoms with E-state index < -0.39 is 11.8 Å².